The molecule has 0 aliphatic heterocycles. The van der Waals surface area contributed by atoms with E-state index in [1.54, 1.807) is 13.3 Å². The summed E-state index contributed by atoms with van der Waals surface area (Å²) >= 11 is 0. The number of hydrogen-bond donors (Lipinski definition) is 0. The highest BCUT2D eigenvalue weighted by Gasteiger charge is 2.09. The molecule has 4 heteroatoms. The first-order valence-corrected chi connectivity index (χ1v) is 6.52. The molecule has 104 valence electrons. The quantitative estimate of drug-likeness (QED) is 0.619. The van der Waals surface area contributed by atoms with Crippen molar-refractivity contribution in [3.63, 3.8) is 0 Å². The van der Waals surface area contributed by atoms with Gasteiger partial charge in [0.2, 0.25) is 5.88 Å². The number of oxime groups is 1. The molecule has 1 aromatic carbocycles. The second kappa shape index (κ2) is 6.70. The van der Waals surface area contributed by atoms with Gasteiger partial charge < -0.3 is 9.57 Å². The summed E-state index contributed by atoms with van der Waals surface area (Å²) in [7, 11) is 1.59. The number of rotatable bonds is 5. The molecule has 0 N–H and O–H groups in total. The van der Waals surface area contributed by atoms with Gasteiger partial charge in [-0.1, -0.05) is 35.0 Å². The van der Waals surface area contributed by atoms with Gasteiger partial charge in [0, 0.05) is 23.4 Å². The number of methoxy groups -OCH3 is 1. The molecular formula is C16H18N2O2. The lowest BCUT2D eigenvalue weighted by Gasteiger charge is -2.07. The van der Waals surface area contributed by atoms with Crippen molar-refractivity contribution >= 4 is 5.71 Å². The molecular weight excluding hydrogens is 252 g/mol. The van der Waals surface area contributed by atoms with Crippen LogP contribution >= 0.6 is 0 Å². The first-order chi connectivity index (χ1) is 9.74. The first kappa shape index (κ1) is 14.1. The minimum Gasteiger partial charge on any atom is -0.481 e. The molecule has 0 spiro atoms. The third-order valence-electron chi connectivity index (χ3n) is 2.83. The van der Waals surface area contributed by atoms with Crippen molar-refractivity contribution in [1.29, 1.82) is 0 Å². The van der Waals surface area contributed by atoms with Crippen LogP contribution in [0.1, 0.15) is 23.6 Å². The van der Waals surface area contributed by atoms with E-state index in [-0.39, 0.29) is 0 Å². The highest BCUT2D eigenvalue weighted by molar-refractivity contribution is 6.12. The minimum absolute atomic E-state index is 0.527. The van der Waals surface area contributed by atoms with Crippen molar-refractivity contribution in [1.82, 2.24) is 4.98 Å². The SMILES string of the molecule is CCO/N=C(/c1ccc(C)cc1)c1ccc(OC)nc1. The van der Waals surface area contributed by atoms with E-state index in [1.807, 2.05) is 43.3 Å². The molecule has 0 radical (unpaired) electrons. The fourth-order valence-corrected chi connectivity index (χ4v) is 1.75. The molecule has 0 bridgehead atoms. The molecule has 2 rings (SSSR count). The lowest BCUT2D eigenvalue weighted by Crippen LogP contribution is -2.05. The van der Waals surface area contributed by atoms with E-state index in [9.17, 15) is 0 Å². The summed E-state index contributed by atoms with van der Waals surface area (Å²) in [6.45, 7) is 4.49. The van der Waals surface area contributed by atoms with Gasteiger partial charge in [0.05, 0.1) is 7.11 Å². The highest BCUT2D eigenvalue weighted by atomic mass is 16.6. The molecule has 0 saturated carbocycles. The van der Waals surface area contributed by atoms with E-state index in [1.165, 1.54) is 5.56 Å². The van der Waals surface area contributed by atoms with Gasteiger partial charge in [-0.3, -0.25) is 0 Å². The van der Waals surface area contributed by atoms with Crippen molar-refractivity contribution in [2.45, 2.75) is 13.8 Å². The summed E-state index contributed by atoms with van der Waals surface area (Å²) in [4.78, 5) is 9.43. The summed E-state index contributed by atoms with van der Waals surface area (Å²) in [5.41, 5.74) is 3.86. The second-order valence-electron chi connectivity index (χ2n) is 4.31. The van der Waals surface area contributed by atoms with Gasteiger partial charge in [-0.05, 0) is 19.9 Å². The number of pyridine rings is 1. The summed E-state index contributed by atoms with van der Waals surface area (Å²) in [5.74, 6) is 0.577. The Kier molecular flexibility index (Phi) is 4.71. The zero-order valence-corrected chi connectivity index (χ0v) is 12.0. The Hall–Kier alpha value is -2.36. The maximum Gasteiger partial charge on any atom is 0.212 e. The zero-order valence-electron chi connectivity index (χ0n) is 12.0. The van der Waals surface area contributed by atoms with Crippen LogP contribution in [0.2, 0.25) is 0 Å². The Morgan fingerprint density at radius 2 is 1.80 bits per heavy atom. The molecule has 2 aromatic rings. The van der Waals surface area contributed by atoms with Crippen LogP contribution in [0.15, 0.2) is 47.8 Å². The smallest absolute Gasteiger partial charge is 0.212 e. The van der Waals surface area contributed by atoms with Crippen molar-refractivity contribution in [3.8, 4) is 5.88 Å². The number of nitrogens with zero attached hydrogens (tertiary/aromatic N) is 2. The monoisotopic (exact) mass is 270 g/mol. The van der Waals surface area contributed by atoms with Crippen LogP contribution in [-0.4, -0.2) is 24.4 Å². The normalized spacial score (nSPS) is 11.2. The molecule has 0 unspecified atom stereocenters. The molecule has 0 atom stereocenters. The fourth-order valence-electron chi connectivity index (χ4n) is 1.75. The Morgan fingerprint density at radius 3 is 2.35 bits per heavy atom. The van der Waals surface area contributed by atoms with E-state index in [2.05, 4.69) is 17.1 Å². The molecule has 0 aliphatic rings. The van der Waals surface area contributed by atoms with Crippen molar-refractivity contribution in [2.75, 3.05) is 13.7 Å². The van der Waals surface area contributed by atoms with E-state index in [0.717, 1.165) is 16.8 Å². The van der Waals surface area contributed by atoms with E-state index in [0.29, 0.717) is 12.5 Å². The van der Waals surface area contributed by atoms with Crippen LogP contribution in [-0.2, 0) is 4.84 Å². The van der Waals surface area contributed by atoms with Crippen molar-refractivity contribution in [2.24, 2.45) is 5.16 Å². The van der Waals surface area contributed by atoms with E-state index in [4.69, 9.17) is 9.57 Å². The highest BCUT2D eigenvalue weighted by Crippen LogP contribution is 2.14. The lowest BCUT2D eigenvalue weighted by atomic mass is 10.0. The predicted molar refractivity (Wildman–Crippen MR) is 79.2 cm³/mol. The summed E-state index contributed by atoms with van der Waals surface area (Å²) < 4.78 is 5.07. The van der Waals surface area contributed by atoms with Gasteiger partial charge in [-0.25, -0.2) is 4.98 Å². The van der Waals surface area contributed by atoms with Crippen LogP contribution in [0.5, 0.6) is 5.88 Å². The molecule has 0 aliphatic carbocycles. The summed E-state index contributed by atoms with van der Waals surface area (Å²) in [5, 5.41) is 4.20. The maximum absolute atomic E-state index is 5.22. The number of ether oxygens (including phenoxy) is 1. The molecule has 20 heavy (non-hydrogen) atoms. The average molecular weight is 270 g/mol. The Labute approximate surface area is 119 Å². The van der Waals surface area contributed by atoms with Crippen molar-refractivity contribution < 1.29 is 9.57 Å². The van der Waals surface area contributed by atoms with Crippen LogP contribution < -0.4 is 4.74 Å². The fraction of sp³-hybridized carbons (Fsp3) is 0.250. The van der Waals surface area contributed by atoms with E-state index < -0.39 is 0 Å². The molecule has 0 fully saturated rings. The van der Waals surface area contributed by atoms with Crippen LogP contribution in [0.4, 0.5) is 0 Å². The third-order valence-corrected chi connectivity index (χ3v) is 2.83. The van der Waals surface area contributed by atoms with Gasteiger partial charge in [-0.15, -0.1) is 0 Å². The molecule has 1 heterocycles. The minimum atomic E-state index is 0.527. The molecule has 4 nitrogen and oxygen atoms in total. The predicted octanol–water partition coefficient (Wildman–Crippen LogP) is 3.19. The topological polar surface area (TPSA) is 43.7 Å². The molecule has 1 aromatic heterocycles. The second-order valence-corrected chi connectivity index (χ2v) is 4.31. The van der Waals surface area contributed by atoms with Gasteiger partial charge in [0.1, 0.15) is 12.3 Å². The zero-order chi connectivity index (χ0) is 14.4. The lowest BCUT2D eigenvalue weighted by molar-refractivity contribution is 0.159. The first-order valence-electron chi connectivity index (χ1n) is 6.52. The third kappa shape index (κ3) is 3.35. The van der Waals surface area contributed by atoms with Gasteiger partial charge >= 0.3 is 0 Å². The number of hydrogen-bond acceptors (Lipinski definition) is 4. The Bertz CT molecular complexity index is 574. The number of aryl methyl sites for hydroxylation is 1. The van der Waals surface area contributed by atoms with Crippen LogP contribution in [0.3, 0.4) is 0 Å². The van der Waals surface area contributed by atoms with Crippen molar-refractivity contribution in [3.05, 3.63) is 59.3 Å². The van der Waals surface area contributed by atoms with Gasteiger partial charge in [0.25, 0.3) is 0 Å². The molecule has 0 saturated heterocycles. The van der Waals surface area contributed by atoms with E-state index >= 15 is 0 Å². The number of aromatic nitrogens is 1. The maximum atomic E-state index is 5.22. The van der Waals surface area contributed by atoms with Gasteiger partial charge in [0.15, 0.2) is 0 Å². The summed E-state index contributed by atoms with van der Waals surface area (Å²) in [6.07, 6.45) is 1.73. The largest absolute Gasteiger partial charge is 0.481 e. The molecule has 0 amide bonds. The summed E-state index contributed by atoms with van der Waals surface area (Å²) in [6, 6.07) is 11.9. The number of benzene rings is 1. The van der Waals surface area contributed by atoms with Crippen LogP contribution in [0.25, 0.3) is 0 Å². The Morgan fingerprint density at radius 1 is 1.10 bits per heavy atom. The standard InChI is InChI=1S/C16H18N2O2/c1-4-20-18-16(13-7-5-12(2)6-8-13)14-9-10-15(19-3)17-11-14/h5-11H,4H2,1-3H3/b18-16-. The average Bonchev–Trinajstić information content (AvgIpc) is 2.50. The van der Waals surface area contributed by atoms with Crippen LogP contribution in [0, 0.1) is 6.92 Å². The van der Waals surface area contributed by atoms with Gasteiger partial charge in [-0.2, -0.15) is 0 Å². The Balaban J connectivity index is 2.38.